The zero-order chi connectivity index (χ0) is 11.0. The van der Waals surface area contributed by atoms with Crippen molar-refractivity contribution in [2.45, 2.75) is 46.1 Å². The predicted octanol–water partition coefficient (Wildman–Crippen LogP) is 1.21. The van der Waals surface area contributed by atoms with Crippen LogP contribution in [-0.4, -0.2) is 18.6 Å². The van der Waals surface area contributed by atoms with Gasteiger partial charge in [0.2, 0.25) is 5.91 Å². The molecule has 0 radical (unpaired) electrons. The van der Waals surface area contributed by atoms with Gasteiger partial charge in [0.1, 0.15) is 0 Å². The van der Waals surface area contributed by atoms with E-state index in [1.54, 1.807) is 0 Å². The fourth-order valence-corrected chi connectivity index (χ4v) is 0.924. The van der Waals surface area contributed by atoms with E-state index in [-0.39, 0.29) is 11.9 Å². The van der Waals surface area contributed by atoms with E-state index >= 15 is 0 Å². The molecule has 0 bridgehead atoms. The number of carbonyl (C=O) groups is 1. The van der Waals surface area contributed by atoms with Gasteiger partial charge in [-0.1, -0.05) is 13.8 Å². The summed E-state index contributed by atoms with van der Waals surface area (Å²) in [6.07, 6.45) is 2.17. The molecule has 1 unspecified atom stereocenters. The topological polar surface area (TPSA) is 64.3 Å². The Bertz CT molecular complexity index is 142. The lowest BCUT2D eigenvalue weighted by atomic mass is 10.1. The van der Waals surface area contributed by atoms with Crippen molar-refractivity contribution in [2.24, 2.45) is 11.7 Å². The van der Waals surface area contributed by atoms with Gasteiger partial charge in [-0.15, -0.1) is 0 Å². The zero-order valence-corrected chi connectivity index (χ0v) is 9.38. The number of hydrogen-bond donors (Lipinski definition) is 2. The Labute approximate surface area is 86.1 Å². The molecule has 0 aliphatic rings. The van der Waals surface area contributed by atoms with Gasteiger partial charge >= 0.3 is 0 Å². The van der Waals surface area contributed by atoms with Crippen LogP contribution in [0.2, 0.25) is 0 Å². The quantitative estimate of drug-likeness (QED) is 0.610. The summed E-state index contributed by atoms with van der Waals surface area (Å²) in [7, 11) is 0. The number of nitrogens with two attached hydrogens (primary N) is 1. The van der Waals surface area contributed by atoms with Crippen molar-refractivity contribution in [3.63, 3.8) is 0 Å². The first-order valence-corrected chi connectivity index (χ1v) is 5.18. The van der Waals surface area contributed by atoms with E-state index in [0.29, 0.717) is 18.9 Å². The van der Waals surface area contributed by atoms with Crippen LogP contribution in [0.25, 0.3) is 0 Å². The molecule has 0 heterocycles. The highest BCUT2D eigenvalue weighted by Gasteiger charge is 2.02. The van der Waals surface area contributed by atoms with Crippen LogP contribution in [-0.2, 0) is 9.63 Å². The highest BCUT2D eigenvalue weighted by atomic mass is 16.6. The van der Waals surface area contributed by atoms with E-state index in [1.807, 2.05) is 20.8 Å². The molecule has 4 nitrogen and oxygen atoms in total. The summed E-state index contributed by atoms with van der Waals surface area (Å²) in [5.74, 6) is 0.366. The second kappa shape index (κ2) is 7.76. The van der Waals surface area contributed by atoms with Crippen LogP contribution in [0.5, 0.6) is 0 Å². The summed E-state index contributed by atoms with van der Waals surface area (Å²) < 4.78 is 0. The normalized spacial score (nSPS) is 12.9. The van der Waals surface area contributed by atoms with Gasteiger partial charge < -0.3 is 5.73 Å². The Morgan fingerprint density at radius 2 is 2.07 bits per heavy atom. The minimum absolute atomic E-state index is 0.0636. The van der Waals surface area contributed by atoms with E-state index in [0.717, 1.165) is 12.8 Å². The first-order chi connectivity index (χ1) is 6.52. The third kappa shape index (κ3) is 9.48. The molecule has 0 aliphatic heterocycles. The molecule has 14 heavy (non-hydrogen) atoms. The molecule has 0 rings (SSSR count). The van der Waals surface area contributed by atoms with Gasteiger partial charge in [-0.2, -0.15) is 0 Å². The summed E-state index contributed by atoms with van der Waals surface area (Å²) in [6.45, 7) is 6.55. The molecular formula is C10H22N2O2. The van der Waals surface area contributed by atoms with E-state index < -0.39 is 0 Å². The Balaban J connectivity index is 3.28. The van der Waals surface area contributed by atoms with E-state index in [4.69, 9.17) is 10.6 Å². The van der Waals surface area contributed by atoms with Crippen LogP contribution in [0.1, 0.15) is 40.0 Å². The third-order valence-corrected chi connectivity index (χ3v) is 1.67. The monoisotopic (exact) mass is 202 g/mol. The molecule has 0 saturated carbocycles. The van der Waals surface area contributed by atoms with Crippen molar-refractivity contribution in [1.82, 2.24) is 5.48 Å². The highest BCUT2D eigenvalue weighted by molar-refractivity contribution is 5.74. The maximum atomic E-state index is 11.1. The number of rotatable bonds is 7. The Morgan fingerprint density at radius 3 is 2.57 bits per heavy atom. The second-order valence-electron chi connectivity index (χ2n) is 4.10. The minimum Gasteiger partial charge on any atom is -0.328 e. The molecule has 1 amide bonds. The molecule has 0 aromatic carbocycles. The lowest BCUT2D eigenvalue weighted by molar-refractivity contribution is -0.134. The minimum atomic E-state index is -0.0636. The van der Waals surface area contributed by atoms with Gasteiger partial charge in [0, 0.05) is 12.5 Å². The zero-order valence-electron chi connectivity index (χ0n) is 9.38. The fraction of sp³-hybridized carbons (Fsp3) is 0.900. The van der Waals surface area contributed by atoms with Crippen LogP contribution >= 0.6 is 0 Å². The van der Waals surface area contributed by atoms with Crippen molar-refractivity contribution >= 4 is 5.91 Å². The lowest BCUT2D eigenvalue weighted by Crippen LogP contribution is -2.25. The van der Waals surface area contributed by atoms with Crippen molar-refractivity contribution in [2.75, 3.05) is 6.61 Å². The van der Waals surface area contributed by atoms with E-state index in [2.05, 4.69) is 5.48 Å². The summed E-state index contributed by atoms with van der Waals surface area (Å²) in [4.78, 5) is 16.1. The van der Waals surface area contributed by atoms with Crippen molar-refractivity contribution in [1.29, 1.82) is 0 Å². The number of hydroxylamine groups is 1. The van der Waals surface area contributed by atoms with Crippen molar-refractivity contribution < 1.29 is 9.63 Å². The van der Waals surface area contributed by atoms with Crippen LogP contribution in [0.15, 0.2) is 0 Å². The van der Waals surface area contributed by atoms with E-state index in [1.165, 1.54) is 0 Å². The van der Waals surface area contributed by atoms with Crippen molar-refractivity contribution in [3.05, 3.63) is 0 Å². The summed E-state index contributed by atoms with van der Waals surface area (Å²) in [5, 5.41) is 0. The van der Waals surface area contributed by atoms with E-state index in [9.17, 15) is 4.79 Å². The van der Waals surface area contributed by atoms with Gasteiger partial charge in [-0.25, -0.2) is 5.48 Å². The number of nitrogens with one attached hydrogen (secondary N) is 1. The van der Waals surface area contributed by atoms with Gasteiger partial charge in [0.25, 0.3) is 0 Å². The van der Waals surface area contributed by atoms with Gasteiger partial charge in [-0.3, -0.25) is 9.63 Å². The second-order valence-corrected chi connectivity index (χ2v) is 4.10. The molecule has 84 valence electrons. The third-order valence-electron chi connectivity index (χ3n) is 1.67. The SMILES string of the molecule is CC(C)CONC(=O)CCCC(C)N. The lowest BCUT2D eigenvalue weighted by Gasteiger charge is -2.08. The van der Waals surface area contributed by atoms with Crippen LogP contribution in [0, 0.1) is 5.92 Å². The first-order valence-electron chi connectivity index (χ1n) is 5.18. The maximum absolute atomic E-state index is 11.1. The maximum Gasteiger partial charge on any atom is 0.243 e. The number of hydrogen-bond acceptors (Lipinski definition) is 3. The van der Waals surface area contributed by atoms with Gasteiger partial charge in [-0.05, 0) is 25.7 Å². The Morgan fingerprint density at radius 1 is 1.43 bits per heavy atom. The predicted molar refractivity (Wildman–Crippen MR) is 56.4 cm³/mol. The molecule has 0 saturated heterocycles. The highest BCUT2D eigenvalue weighted by Crippen LogP contribution is 1.98. The number of carbonyl (C=O) groups excluding carboxylic acids is 1. The standard InChI is InChI=1S/C10H22N2O2/c1-8(2)7-14-12-10(13)6-4-5-9(3)11/h8-9H,4-7,11H2,1-3H3,(H,12,13). The molecule has 4 heteroatoms. The molecule has 0 aromatic rings. The summed E-state index contributed by atoms with van der Waals surface area (Å²) in [5.41, 5.74) is 7.96. The average Bonchev–Trinajstić information content (AvgIpc) is 2.02. The van der Waals surface area contributed by atoms with Gasteiger partial charge in [0.05, 0.1) is 6.61 Å². The molecule has 0 aliphatic carbocycles. The molecule has 0 fully saturated rings. The van der Waals surface area contributed by atoms with Crippen LogP contribution < -0.4 is 11.2 Å². The molecule has 3 N–H and O–H groups in total. The van der Waals surface area contributed by atoms with Crippen LogP contribution in [0.4, 0.5) is 0 Å². The van der Waals surface area contributed by atoms with Crippen LogP contribution in [0.3, 0.4) is 0 Å². The van der Waals surface area contributed by atoms with Crippen molar-refractivity contribution in [3.8, 4) is 0 Å². The number of amides is 1. The average molecular weight is 202 g/mol. The Kier molecular flexibility index (Phi) is 7.42. The largest absolute Gasteiger partial charge is 0.328 e. The summed E-state index contributed by atoms with van der Waals surface area (Å²) >= 11 is 0. The van der Waals surface area contributed by atoms with Gasteiger partial charge in [0.15, 0.2) is 0 Å². The molecule has 0 spiro atoms. The first kappa shape index (κ1) is 13.4. The molecular weight excluding hydrogens is 180 g/mol. The molecule has 0 aromatic heterocycles. The smallest absolute Gasteiger partial charge is 0.243 e. The molecule has 1 atom stereocenters. The summed E-state index contributed by atoms with van der Waals surface area (Å²) in [6, 6.07) is 0.166. The fourth-order valence-electron chi connectivity index (χ4n) is 0.924. The Hall–Kier alpha value is -0.610.